The van der Waals surface area contributed by atoms with Gasteiger partial charge in [0, 0.05) is 43.8 Å². The number of fused-ring (bicyclic) bond motifs is 3. The van der Waals surface area contributed by atoms with Gasteiger partial charge in [0.05, 0.1) is 64.6 Å². The van der Waals surface area contributed by atoms with Crippen molar-refractivity contribution in [3.63, 3.8) is 0 Å². The first kappa shape index (κ1) is 26.4. The number of benzene rings is 1. The van der Waals surface area contributed by atoms with E-state index in [1.165, 1.54) is 6.20 Å². The molecule has 1 aliphatic rings. The van der Waals surface area contributed by atoms with Gasteiger partial charge in [0.15, 0.2) is 0 Å². The van der Waals surface area contributed by atoms with Crippen molar-refractivity contribution >= 4 is 21.9 Å². The van der Waals surface area contributed by atoms with Crippen LogP contribution in [0.25, 0.3) is 33.2 Å². The highest BCUT2D eigenvalue weighted by molar-refractivity contribution is 6.10. The molecule has 1 N–H and O–H groups in total. The molecule has 0 bridgehead atoms. The topological polar surface area (TPSA) is 87.2 Å². The van der Waals surface area contributed by atoms with Gasteiger partial charge in [0.1, 0.15) is 11.6 Å². The van der Waals surface area contributed by atoms with Crippen LogP contribution in [0.2, 0.25) is 0 Å². The van der Waals surface area contributed by atoms with Gasteiger partial charge in [-0.2, -0.15) is 0 Å². The predicted octanol–water partition coefficient (Wildman–Crippen LogP) is 5.68. The molecular weight excluding hydrogens is 509 g/mol. The van der Waals surface area contributed by atoms with Crippen molar-refractivity contribution in [1.82, 2.24) is 24.1 Å². The van der Waals surface area contributed by atoms with Crippen LogP contribution in [-0.4, -0.2) is 49.5 Å². The summed E-state index contributed by atoms with van der Waals surface area (Å²) >= 11 is 0. The van der Waals surface area contributed by atoms with Crippen LogP contribution in [0.1, 0.15) is 49.6 Å². The average molecular weight is 544 g/mol. The minimum atomic E-state index is -1.12. The van der Waals surface area contributed by atoms with Gasteiger partial charge < -0.3 is 23.7 Å². The van der Waals surface area contributed by atoms with Crippen molar-refractivity contribution in [1.29, 1.82) is 0 Å². The van der Waals surface area contributed by atoms with Gasteiger partial charge in [-0.15, -0.1) is 0 Å². The first-order valence-electron chi connectivity index (χ1n) is 13.6. The summed E-state index contributed by atoms with van der Waals surface area (Å²) in [7, 11) is 3.59. The Bertz CT molecular complexity index is 1690. The number of aliphatic hydroxyl groups is 1. The fourth-order valence-corrected chi connectivity index (χ4v) is 6.15. The molecule has 0 spiro atoms. The number of ether oxygens (including phenoxy) is 2. The number of imidazole rings is 1. The third kappa shape index (κ3) is 4.33. The summed E-state index contributed by atoms with van der Waals surface area (Å²) in [5, 5.41) is 11.9. The molecule has 5 heterocycles. The van der Waals surface area contributed by atoms with E-state index in [1.54, 1.807) is 39.5 Å². The summed E-state index contributed by atoms with van der Waals surface area (Å²) in [6, 6.07) is 7.37. The van der Waals surface area contributed by atoms with Crippen LogP contribution in [0, 0.1) is 18.7 Å². The SMILES string of the molecule is COc1cc(C(C)(C)O)cc2c1c1ncc(-c3c(C)ncn3C)cc1n2C(c1ccncc1F)C1CCOCC1. The average Bonchev–Trinajstić information content (AvgIpc) is 3.45. The maximum Gasteiger partial charge on any atom is 0.146 e. The number of methoxy groups -OCH3 is 1. The minimum Gasteiger partial charge on any atom is -0.496 e. The van der Waals surface area contributed by atoms with Crippen LogP contribution < -0.4 is 4.74 Å². The van der Waals surface area contributed by atoms with E-state index < -0.39 is 5.60 Å². The third-order valence-electron chi connectivity index (χ3n) is 8.14. The molecule has 1 aromatic carbocycles. The van der Waals surface area contributed by atoms with Crippen molar-refractivity contribution in [2.24, 2.45) is 13.0 Å². The summed E-state index contributed by atoms with van der Waals surface area (Å²) in [5.41, 5.74) is 5.35. The van der Waals surface area contributed by atoms with Crippen molar-refractivity contribution < 1.29 is 19.0 Å². The van der Waals surface area contributed by atoms with E-state index in [9.17, 15) is 5.11 Å². The van der Waals surface area contributed by atoms with Gasteiger partial charge in [0.2, 0.25) is 0 Å². The number of hydrogen-bond acceptors (Lipinski definition) is 6. The van der Waals surface area contributed by atoms with Crippen LogP contribution in [-0.2, 0) is 17.4 Å². The van der Waals surface area contributed by atoms with Gasteiger partial charge in [-0.05, 0) is 69.4 Å². The zero-order valence-corrected chi connectivity index (χ0v) is 23.5. The number of nitrogens with zero attached hydrogens (tertiary/aromatic N) is 5. The molecule has 0 radical (unpaired) electrons. The Hall–Kier alpha value is -3.82. The third-order valence-corrected chi connectivity index (χ3v) is 8.14. The predicted molar refractivity (Wildman–Crippen MR) is 152 cm³/mol. The van der Waals surface area contributed by atoms with Crippen molar-refractivity contribution in [3.05, 3.63) is 71.8 Å². The quantitative estimate of drug-likeness (QED) is 0.296. The fraction of sp³-hybridized carbons (Fsp3) is 0.387. The summed E-state index contributed by atoms with van der Waals surface area (Å²) in [6.07, 6.45) is 8.13. The van der Waals surface area contributed by atoms with Gasteiger partial charge in [-0.3, -0.25) is 9.97 Å². The normalized spacial score (nSPS) is 15.7. The number of aromatic nitrogens is 5. The molecule has 9 heteroatoms. The summed E-state index contributed by atoms with van der Waals surface area (Å²) < 4.78 is 31.4. The van der Waals surface area contributed by atoms with Crippen LogP contribution in [0.3, 0.4) is 0 Å². The van der Waals surface area contributed by atoms with Gasteiger partial charge in [-0.1, -0.05) is 0 Å². The molecule has 6 rings (SSSR count). The maximum atomic E-state index is 15.6. The molecule has 1 unspecified atom stereocenters. The lowest BCUT2D eigenvalue weighted by Gasteiger charge is -2.33. The van der Waals surface area contributed by atoms with Gasteiger partial charge >= 0.3 is 0 Å². The lowest BCUT2D eigenvalue weighted by Crippen LogP contribution is -2.27. The second-order valence-corrected chi connectivity index (χ2v) is 11.2. The minimum absolute atomic E-state index is 0.100. The van der Waals surface area contributed by atoms with E-state index in [0.717, 1.165) is 51.7 Å². The van der Waals surface area contributed by atoms with Crippen LogP contribution >= 0.6 is 0 Å². The van der Waals surface area contributed by atoms with E-state index >= 15 is 4.39 Å². The second kappa shape index (κ2) is 9.98. The first-order valence-corrected chi connectivity index (χ1v) is 13.6. The number of aryl methyl sites for hydroxylation is 2. The van der Waals surface area contributed by atoms with Gasteiger partial charge in [-0.25, -0.2) is 9.37 Å². The Morgan fingerprint density at radius 1 is 1.12 bits per heavy atom. The Morgan fingerprint density at radius 3 is 2.55 bits per heavy atom. The smallest absolute Gasteiger partial charge is 0.146 e. The van der Waals surface area contributed by atoms with E-state index in [1.807, 2.05) is 36.9 Å². The zero-order valence-electron chi connectivity index (χ0n) is 23.5. The summed E-state index contributed by atoms with van der Waals surface area (Å²) in [6.45, 7) is 6.70. The van der Waals surface area contributed by atoms with Crippen molar-refractivity contribution in [2.75, 3.05) is 20.3 Å². The Morgan fingerprint density at radius 2 is 1.90 bits per heavy atom. The molecule has 208 valence electrons. The Balaban J connectivity index is 1.76. The number of halogens is 1. The number of hydrogen-bond donors (Lipinski definition) is 1. The number of rotatable bonds is 6. The highest BCUT2D eigenvalue weighted by Gasteiger charge is 2.33. The fourth-order valence-electron chi connectivity index (χ4n) is 6.15. The molecule has 40 heavy (non-hydrogen) atoms. The summed E-state index contributed by atoms with van der Waals surface area (Å²) in [4.78, 5) is 13.5. The Kier molecular flexibility index (Phi) is 6.59. The highest BCUT2D eigenvalue weighted by Crippen LogP contribution is 2.45. The van der Waals surface area contributed by atoms with Crippen LogP contribution in [0.15, 0.2) is 49.2 Å². The van der Waals surface area contributed by atoms with E-state index in [4.69, 9.17) is 14.5 Å². The van der Waals surface area contributed by atoms with Crippen LogP contribution in [0.5, 0.6) is 5.75 Å². The molecule has 0 saturated carbocycles. The molecule has 1 atom stereocenters. The molecule has 4 aromatic heterocycles. The zero-order chi connectivity index (χ0) is 28.2. The molecule has 1 saturated heterocycles. The van der Waals surface area contributed by atoms with Crippen LogP contribution in [0.4, 0.5) is 4.39 Å². The lowest BCUT2D eigenvalue weighted by atomic mass is 9.86. The lowest BCUT2D eigenvalue weighted by molar-refractivity contribution is 0.0548. The molecular formula is C31H34FN5O3. The monoisotopic (exact) mass is 543 g/mol. The standard InChI is InChI=1S/C31H34FN5O3/c1-18-29(36(4)17-35-18)20-12-25-28(34-15-20)27-24(13-21(31(2,3)38)14-26(27)39-5)37(25)30(19-7-10-40-11-8-19)22-6-9-33-16-23(22)32/h6,9,12-17,19,30,38H,7-8,10-11H2,1-5H3. The second-order valence-electron chi connectivity index (χ2n) is 11.2. The summed E-state index contributed by atoms with van der Waals surface area (Å²) in [5.74, 6) is 0.353. The molecule has 5 aromatic rings. The number of pyridine rings is 2. The molecule has 1 aliphatic heterocycles. The van der Waals surface area contributed by atoms with E-state index in [-0.39, 0.29) is 17.8 Å². The largest absolute Gasteiger partial charge is 0.496 e. The Labute approximate surface area is 232 Å². The molecule has 1 fully saturated rings. The first-order chi connectivity index (χ1) is 19.2. The molecule has 8 nitrogen and oxygen atoms in total. The van der Waals surface area contributed by atoms with E-state index in [2.05, 4.69) is 20.6 Å². The highest BCUT2D eigenvalue weighted by atomic mass is 19.1. The van der Waals surface area contributed by atoms with Crippen molar-refractivity contribution in [2.45, 2.75) is 45.3 Å². The van der Waals surface area contributed by atoms with Gasteiger partial charge in [0.25, 0.3) is 0 Å². The molecule has 0 aliphatic carbocycles. The molecule has 0 amide bonds. The van der Waals surface area contributed by atoms with E-state index in [0.29, 0.717) is 30.1 Å². The van der Waals surface area contributed by atoms with Crippen molar-refractivity contribution in [3.8, 4) is 17.0 Å². The maximum absolute atomic E-state index is 15.6.